The minimum Gasteiger partial charge on any atom is -0.466 e. The summed E-state index contributed by atoms with van der Waals surface area (Å²) in [5.74, 6) is -0.102. The minimum atomic E-state index is -0.102. The standard InChI is InChI=1S/C11H19NO2/c1-3-11(5-7-12-8-6-11)9-10(13)14-4-2/h3,12H,1,4-9H2,2H3. The Kier molecular flexibility index (Phi) is 4.14. The molecule has 0 bridgehead atoms. The maximum absolute atomic E-state index is 11.4. The summed E-state index contributed by atoms with van der Waals surface area (Å²) in [6, 6.07) is 0. The van der Waals surface area contributed by atoms with Gasteiger partial charge >= 0.3 is 5.97 Å². The van der Waals surface area contributed by atoms with Gasteiger partial charge in [0.15, 0.2) is 0 Å². The quantitative estimate of drug-likeness (QED) is 0.548. The van der Waals surface area contributed by atoms with Crippen LogP contribution in [0.15, 0.2) is 12.7 Å². The molecule has 0 amide bonds. The number of carbonyl (C=O) groups is 1. The Balaban J connectivity index is 2.51. The van der Waals surface area contributed by atoms with Gasteiger partial charge in [0.1, 0.15) is 0 Å². The molecule has 80 valence electrons. The summed E-state index contributed by atoms with van der Waals surface area (Å²) in [5.41, 5.74) is -0.0303. The largest absolute Gasteiger partial charge is 0.466 e. The fourth-order valence-electron chi connectivity index (χ4n) is 1.88. The van der Waals surface area contributed by atoms with E-state index in [2.05, 4.69) is 11.9 Å². The Bertz CT molecular complexity index is 207. The third kappa shape index (κ3) is 2.84. The number of piperidine rings is 1. The summed E-state index contributed by atoms with van der Waals surface area (Å²) >= 11 is 0. The van der Waals surface area contributed by atoms with Crippen molar-refractivity contribution in [1.29, 1.82) is 0 Å². The topological polar surface area (TPSA) is 38.3 Å². The van der Waals surface area contributed by atoms with Gasteiger partial charge in [-0.15, -0.1) is 6.58 Å². The van der Waals surface area contributed by atoms with Crippen LogP contribution in [0.3, 0.4) is 0 Å². The molecule has 0 unspecified atom stereocenters. The van der Waals surface area contributed by atoms with Crippen molar-refractivity contribution in [3.05, 3.63) is 12.7 Å². The van der Waals surface area contributed by atoms with E-state index in [-0.39, 0.29) is 11.4 Å². The number of ether oxygens (including phenoxy) is 1. The molecule has 0 aromatic heterocycles. The molecule has 0 saturated carbocycles. The van der Waals surface area contributed by atoms with Crippen LogP contribution in [-0.4, -0.2) is 25.7 Å². The first-order chi connectivity index (χ1) is 6.72. The van der Waals surface area contributed by atoms with Crippen LogP contribution in [0.2, 0.25) is 0 Å². The summed E-state index contributed by atoms with van der Waals surface area (Å²) in [5, 5.41) is 3.28. The molecule has 3 nitrogen and oxygen atoms in total. The second-order valence-corrected chi connectivity index (χ2v) is 3.80. The average Bonchev–Trinajstić information content (AvgIpc) is 2.19. The van der Waals surface area contributed by atoms with Gasteiger partial charge in [-0.3, -0.25) is 4.79 Å². The molecule has 1 saturated heterocycles. The number of hydrogen-bond donors (Lipinski definition) is 1. The molecule has 1 heterocycles. The number of hydrogen-bond acceptors (Lipinski definition) is 3. The van der Waals surface area contributed by atoms with E-state index in [1.165, 1.54) is 0 Å². The predicted octanol–water partition coefficient (Wildman–Crippen LogP) is 1.50. The monoisotopic (exact) mass is 197 g/mol. The average molecular weight is 197 g/mol. The van der Waals surface area contributed by atoms with Gasteiger partial charge in [0.05, 0.1) is 13.0 Å². The fraction of sp³-hybridized carbons (Fsp3) is 0.727. The Morgan fingerprint density at radius 1 is 1.57 bits per heavy atom. The first-order valence-corrected chi connectivity index (χ1v) is 5.22. The van der Waals surface area contributed by atoms with Crippen molar-refractivity contribution in [3.8, 4) is 0 Å². The van der Waals surface area contributed by atoms with Gasteiger partial charge in [0, 0.05) is 5.41 Å². The van der Waals surface area contributed by atoms with E-state index >= 15 is 0 Å². The summed E-state index contributed by atoms with van der Waals surface area (Å²) < 4.78 is 4.96. The summed E-state index contributed by atoms with van der Waals surface area (Å²) in [6.07, 6.45) is 4.36. The summed E-state index contributed by atoms with van der Waals surface area (Å²) in [4.78, 5) is 11.4. The maximum Gasteiger partial charge on any atom is 0.306 e. The highest BCUT2D eigenvalue weighted by molar-refractivity contribution is 5.70. The lowest BCUT2D eigenvalue weighted by Gasteiger charge is -2.33. The van der Waals surface area contributed by atoms with Crippen molar-refractivity contribution in [3.63, 3.8) is 0 Å². The van der Waals surface area contributed by atoms with E-state index in [4.69, 9.17) is 4.74 Å². The van der Waals surface area contributed by atoms with Crippen molar-refractivity contribution in [1.82, 2.24) is 5.32 Å². The zero-order valence-electron chi connectivity index (χ0n) is 8.84. The van der Waals surface area contributed by atoms with Crippen LogP contribution in [-0.2, 0) is 9.53 Å². The number of rotatable bonds is 4. The lowest BCUT2D eigenvalue weighted by atomic mass is 9.76. The zero-order valence-corrected chi connectivity index (χ0v) is 8.84. The molecule has 3 heteroatoms. The molecule has 1 fully saturated rings. The highest BCUT2D eigenvalue weighted by Gasteiger charge is 2.31. The summed E-state index contributed by atoms with van der Waals surface area (Å²) in [7, 11) is 0. The van der Waals surface area contributed by atoms with E-state index in [9.17, 15) is 4.79 Å². The van der Waals surface area contributed by atoms with Crippen LogP contribution in [0.4, 0.5) is 0 Å². The van der Waals surface area contributed by atoms with Gasteiger partial charge in [-0.05, 0) is 32.9 Å². The molecule has 14 heavy (non-hydrogen) atoms. The van der Waals surface area contributed by atoms with Crippen LogP contribution < -0.4 is 5.32 Å². The molecule has 0 aromatic carbocycles. The smallest absolute Gasteiger partial charge is 0.306 e. The molecule has 1 aliphatic heterocycles. The first-order valence-electron chi connectivity index (χ1n) is 5.22. The lowest BCUT2D eigenvalue weighted by molar-refractivity contribution is -0.145. The first kappa shape index (κ1) is 11.2. The number of nitrogens with one attached hydrogen (secondary N) is 1. The Morgan fingerprint density at radius 3 is 2.71 bits per heavy atom. The van der Waals surface area contributed by atoms with Crippen molar-refractivity contribution in [2.45, 2.75) is 26.2 Å². The van der Waals surface area contributed by atoms with Crippen molar-refractivity contribution >= 4 is 5.97 Å². The minimum absolute atomic E-state index is 0.0303. The number of esters is 1. The normalized spacial score (nSPS) is 20.1. The highest BCUT2D eigenvalue weighted by Crippen LogP contribution is 2.34. The summed E-state index contributed by atoms with van der Waals surface area (Å²) in [6.45, 7) is 8.06. The lowest BCUT2D eigenvalue weighted by Crippen LogP contribution is -2.37. The van der Waals surface area contributed by atoms with Gasteiger partial charge in [-0.1, -0.05) is 6.08 Å². The number of allylic oxidation sites excluding steroid dienone is 1. The van der Waals surface area contributed by atoms with E-state index < -0.39 is 0 Å². The van der Waals surface area contributed by atoms with E-state index in [1.807, 2.05) is 13.0 Å². The van der Waals surface area contributed by atoms with Crippen molar-refractivity contribution < 1.29 is 9.53 Å². The van der Waals surface area contributed by atoms with Crippen LogP contribution in [0.25, 0.3) is 0 Å². The van der Waals surface area contributed by atoms with Gasteiger partial charge in [-0.25, -0.2) is 0 Å². The Labute approximate surface area is 85.5 Å². The van der Waals surface area contributed by atoms with Gasteiger partial charge in [0.25, 0.3) is 0 Å². The third-order valence-corrected chi connectivity index (χ3v) is 2.83. The fourth-order valence-corrected chi connectivity index (χ4v) is 1.88. The number of carbonyl (C=O) groups excluding carboxylic acids is 1. The molecule has 1 aliphatic rings. The molecule has 1 rings (SSSR count). The van der Waals surface area contributed by atoms with Crippen molar-refractivity contribution in [2.24, 2.45) is 5.41 Å². The van der Waals surface area contributed by atoms with Crippen LogP contribution in [0.1, 0.15) is 26.2 Å². The molecule has 0 atom stereocenters. The molecular formula is C11H19NO2. The molecule has 0 aromatic rings. The van der Waals surface area contributed by atoms with Gasteiger partial charge in [0.2, 0.25) is 0 Å². The molecule has 0 radical (unpaired) electrons. The van der Waals surface area contributed by atoms with Crippen molar-refractivity contribution in [2.75, 3.05) is 19.7 Å². The Morgan fingerprint density at radius 2 is 2.21 bits per heavy atom. The second kappa shape index (κ2) is 5.15. The highest BCUT2D eigenvalue weighted by atomic mass is 16.5. The van der Waals surface area contributed by atoms with E-state index in [0.29, 0.717) is 13.0 Å². The predicted molar refractivity (Wildman–Crippen MR) is 56.0 cm³/mol. The molecular weight excluding hydrogens is 178 g/mol. The Hall–Kier alpha value is -0.830. The molecule has 0 spiro atoms. The molecule has 0 aliphatic carbocycles. The molecule has 1 N–H and O–H groups in total. The SMILES string of the molecule is C=CC1(CC(=O)OCC)CCNCC1. The van der Waals surface area contributed by atoms with Crippen LogP contribution in [0.5, 0.6) is 0 Å². The van der Waals surface area contributed by atoms with E-state index in [0.717, 1.165) is 25.9 Å². The third-order valence-electron chi connectivity index (χ3n) is 2.83. The van der Waals surface area contributed by atoms with Crippen LogP contribution in [0, 0.1) is 5.41 Å². The van der Waals surface area contributed by atoms with E-state index in [1.54, 1.807) is 0 Å². The maximum atomic E-state index is 11.4. The zero-order chi connectivity index (χ0) is 10.4. The van der Waals surface area contributed by atoms with Gasteiger partial charge < -0.3 is 10.1 Å². The van der Waals surface area contributed by atoms with Crippen LogP contribution >= 0.6 is 0 Å². The van der Waals surface area contributed by atoms with Gasteiger partial charge in [-0.2, -0.15) is 0 Å². The second-order valence-electron chi connectivity index (χ2n) is 3.80.